The SMILES string of the molecule is CCCn1ccnc1CC(N)C1(OCC)CCCC1. The molecule has 2 N–H and O–H groups in total. The summed E-state index contributed by atoms with van der Waals surface area (Å²) >= 11 is 0. The molecule has 1 unspecified atom stereocenters. The Hall–Kier alpha value is -0.870. The molecule has 1 aliphatic rings. The van der Waals surface area contributed by atoms with Gasteiger partial charge >= 0.3 is 0 Å². The number of hydrogen-bond acceptors (Lipinski definition) is 3. The van der Waals surface area contributed by atoms with E-state index in [1.807, 2.05) is 12.4 Å². The molecule has 4 heteroatoms. The predicted molar refractivity (Wildman–Crippen MR) is 77.0 cm³/mol. The van der Waals surface area contributed by atoms with Crippen LogP contribution in [0.2, 0.25) is 0 Å². The lowest BCUT2D eigenvalue weighted by Gasteiger charge is -2.35. The van der Waals surface area contributed by atoms with E-state index in [9.17, 15) is 0 Å². The summed E-state index contributed by atoms with van der Waals surface area (Å²) in [6, 6.07) is 0.0490. The number of ether oxygens (including phenoxy) is 1. The fraction of sp³-hybridized carbons (Fsp3) is 0.800. The van der Waals surface area contributed by atoms with Crippen molar-refractivity contribution < 1.29 is 4.74 Å². The van der Waals surface area contributed by atoms with Gasteiger partial charge < -0.3 is 15.0 Å². The monoisotopic (exact) mass is 265 g/mol. The third kappa shape index (κ3) is 3.18. The molecule has 0 bridgehead atoms. The highest BCUT2D eigenvalue weighted by Gasteiger charge is 2.40. The van der Waals surface area contributed by atoms with E-state index in [1.165, 1.54) is 12.8 Å². The van der Waals surface area contributed by atoms with Gasteiger partial charge in [0.2, 0.25) is 0 Å². The molecule has 0 spiro atoms. The summed E-state index contributed by atoms with van der Waals surface area (Å²) in [6.45, 7) is 6.01. The van der Waals surface area contributed by atoms with E-state index in [1.54, 1.807) is 0 Å². The molecule has 0 aliphatic heterocycles. The van der Waals surface area contributed by atoms with Crippen molar-refractivity contribution in [1.29, 1.82) is 0 Å². The molecular formula is C15H27N3O. The van der Waals surface area contributed by atoms with E-state index in [-0.39, 0.29) is 11.6 Å². The minimum Gasteiger partial charge on any atom is -0.374 e. The Kier molecular flexibility index (Phi) is 4.99. The Labute approximate surface area is 116 Å². The lowest BCUT2D eigenvalue weighted by atomic mass is 9.90. The molecule has 108 valence electrons. The number of aryl methyl sites for hydroxylation is 1. The van der Waals surface area contributed by atoms with Crippen LogP contribution < -0.4 is 5.73 Å². The summed E-state index contributed by atoms with van der Waals surface area (Å²) in [5.41, 5.74) is 6.36. The van der Waals surface area contributed by atoms with Crippen LogP contribution in [0.5, 0.6) is 0 Å². The number of aromatic nitrogens is 2. The molecule has 1 saturated carbocycles. The fourth-order valence-electron chi connectivity index (χ4n) is 3.24. The topological polar surface area (TPSA) is 53.1 Å². The Bertz CT molecular complexity index is 382. The highest BCUT2D eigenvalue weighted by atomic mass is 16.5. The second-order valence-corrected chi connectivity index (χ2v) is 5.55. The van der Waals surface area contributed by atoms with Crippen molar-refractivity contribution in [2.45, 2.75) is 70.6 Å². The van der Waals surface area contributed by atoms with Crippen molar-refractivity contribution in [3.8, 4) is 0 Å². The smallest absolute Gasteiger partial charge is 0.110 e. The maximum Gasteiger partial charge on any atom is 0.110 e. The summed E-state index contributed by atoms with van der Waals surface area (Å²) in [4.78, 5) is 4.46. The molecule has 1 fully saturated rings. The highest BCUT2D eigenvalue weighted by Crippen LogP contribution is 2.36. The molecule has 19 heavy (non-hydrogen) atoms. The molecule has 2 rings (SSSR count). The minimum absolute atomic E-state index is 0.0490. The van der Waals surface area contributed by atoms with Gasteiger partial charge in [0.25, 0.3) is 0 Å². The van der Waals surface area contributed by atoms with Crippen molar-refractivity contribution in [3.63, 3.8) is 0 Å². The van der Waals surface area contributed by atoms with Crippen LogP contribution in [0.4, 0.5) is 0 Å². The zero-order valence-electron chi connectivity index (χ0n) is 12.3. The summed E-state index contributed by atoms with van der Waals surface area (Å²) in [5, 5.41) is 0. The molecule has 0 amide bonds. The molecule has 0 saturated heterocycles. The molecule has 1 aromatic heterocycles. The van der Waals surface area contributed by atoms with Crippen LogP contribution in [0.25, 0.3) is 0 Å². The molecule has 1 aromatic rings. The molecule has 0 radical (unpaired) electrons. The first-order valence-corrected chi connectivity index (χ1v) is 7.61. The first-order chi connectivity index (χ1) is 9.22. The Balaban J connectivity index is 2.06. The van der Waals surface area contributed by atoms with Crippen molar-refractivity contribution in [2.24, 2.45) is 5.73 Å². The Morgan fingerprint density at radius 2 is 2.16 bits per heavy atom. The normalized spacial score (nSPS) is 19.7. The average Bonchev–Trinajstić information content (AvgIpc) is 3.01. The van der Waals surface area contributed by atoms with Crippen molar-refractivity contribution >= 4 is 0 Å². The van der Waals surface area contributed by atoms with E-state index in [4.69, 9.17) is 10.5 Å². The van der Waals surface area contributed by atoms with Crippen LogP contribution in [0.1, 0.15) is 51.8 Å². The van der Waals surface area contributed by atoms with Gasteiger partial charge in [-0.15, -0.1) is 0 Å². The van der Waals surface area contributed by atoms with Crippen LogP contribution in [-0.4, -0.2) is 27.8 Å². The standard InChI is InChI=1S/C15H27N3O/c1-3-10-18-11-9-17-14(18)12-13(16)15(19-4-2)7-5-6-8-15/h9,11,13H,3-8,10,12,16H2,1-2H3. The minimum atomic E-state index is -0.113. The van der Waals surface area contributed by atoms with E-state index in [2.05, 4.69) is 23.4 Å². The van der Waals surface area contributed by atoms with Gasteiger partial charge in [-0.05, 0) is 26.2 Å². The van der Waals surface area contributed by atoms with E-state index in [0.717, 1.165) is 44.7 Å². The van der Waals surface area contributed by atoms with E-state index < -0.39 is 0 Å². The second-order valence-electron chi connectivity index (χ2n) is 5.55. The van der Waals surface area contributed by atoms with Crippen LogP contribution in [0, 0.1) is 0 Å². The lowest BCUT2D eigenvalue weighted by Crippen LogP contribution is -2.49. The van der Waals surface area contributed by atoms with Crippen LogP contribution in [-0.2, 0) is 17.7 Å². The summed E-state index contributed by atoms with van der Waals surface area (Å²) in [6.07, 6.45) is 10.5. The van der Waals surface area contributed by atoms with Crippen molar-refractivity contribution in [1.82, 2.24) is 9.55 Å². The zero-order valence-corrected chi connectivity index (χ0v) is 12.3. The number of nitrogens with zero attached hydrogens (tertiary/aromatic N) is 2. The van der Waals surface area contributed by atoms with E-state index in [0.29, 0.717) is 0 Å². The highest BCUT2D eigenvalue weighted by molar-refractivity contribution is 5.03. The lowest BCUT2D eigenvalue weighted by molar-refractivity contribution is -0.0529. The number of hydrogen-bond donors (Lipinski definition) is 1. The molecule has 1 aliphatic carbocycles. The molecule has 4 nitrogen and oxygen atoms in total. The third-order valence-corrected chi connectivity index (χ3v) is 4.23. The van der Waals surface area contributed by atoms with Gasteiger partial charge in [0.15, 0.2) is 0 Å². The van der Waals surface area contributed by atoms with Gasteiger partial charge in [-0.2, -0.15) is 0 Å². The van der Waals surface area contributed by atoms with Gasteiger partial charge in [-0.25, -0.2) is 4.98 Å². The number of nitrogens with two attached hydrogens (primary N) is 1. The average molecular weight is 265 g/mol. The molecular weight excluding hydrogens is 238 g/mol. The van der Waals surface area contributed by atoms with Crippen LogP contribution in [0.15, 0.2) is 12.4 Å². The van der Waals surface area contributed by atoms with Gasteiger partial charge in [-0.1, -0.05) is 19.8 Å². The Morgan fingerprint density at radius 3 is 2.79 bits per heavy atom. The molecule has 0 aromatic carbocycles. The van der Waals surface area contributed by atoms with Gasteiger partial charge in [-0.3, -0.25) is 0 Å². The quantitative estimate of drug-likeness (QED) is 0.824. The number of imidazole rings is 1. The largest absolute Gasteiger partial charge is 0.374 e. The second kappa shape index (κ2) is 6.53. The maximum atomic E-state index is 6.48. The fourth-order valence-corrected chi connectivity index (χ4v) is 3.24. The predicted octanol–water partition coefficient (Wildman–Crippen LogP) is 2.51. The first-order valence-electron chi connectivity index (χ1n) is 7.61. The van der Waals surface area contributed by atoms with Crippen LogP contribution >= 0.6 is 0 Å². The number of rotatable bonds is 7. The van der Waals surface area contributed by atoms with Crippen molar-refractivity contribution in [2.75, 3.05) is 6.61 Å². The van der Waals surface area contributed by atoms with Gasteiger partial charge in [0, 0.05) is 38.0 Å². The summed E-state index contributed by atoms with van der Waals surface area (Å²) in [7, 11) is 0. The summed E-state index contributed by atoms with van der Waals surface area (Å²) < 4.78 is 8.26. The summed E-state index contributed by atoms with van der Waals surface area (Å²) in [5.74, 6) is 1.10. The van der Waals surface area contributed by atoms with Gasteiger partial charge in [0.1, 0.15) is 5.82 Å². The van der Waals surface area contributed by atoms with Crippen molar-refractivity contribution in [3.05, 3.63) is 18.2 Å². The first kappa shape index (κ1) is 14.5. The molecule has 1 heterocycles. The third-order valence-electron chi connectivity index (χ3n) is 4.23. The van der Waals surface area contributed by atoms with E-state index >= 15 is 0 Å². The van der Waals surface area contributed by atoms with Gasteiger partial charge in [0.05, 0.1) is 5.60 Å². The maximum absolute atomic E-state index is 6.48. The zero-order chi connectivity index (χ0) is 13.7. The van der Waals surface area contributed by atoms with Crippen LogP contribution in [0.3, 0.4) is 0 Å². The molecule has 1 atom stereocenters. The Morgan fingerprint density at radius 1 is 1.42 bits per heavy atom.